The van der Waals surface area contributed by atoms with Crippen molar-refractivity contribution in [2.45, 2.75) is 19.3 Å². The van der Waals surface area contributed by atoms with E-state index in [1.807, 2.05) is 4.90 Å². The molecule has 12 heavy (non-hydrogen) atoms. The lowest BCUT2D eigenvalue weighted by Crippen LogP contribution is -2.34. The smallest absolute Gasteiger partial charge is 0.317 e. The first-order chi connectivity index (χ1) is 4.79. The van der Waals surface area contributed by atoms with Crippen LogP contribution < -0.4 is 0 Å². The minimum Gasteiger partial charge on any atom is -0.480 e. The van der Waals surface area contributed by atoms with Crippen molar-refractivity contribution in [1.29, 1.82) is 0 Å². The van der Waals surface area contributed by atoms with Gasteiger partial charge in [0.05, 0.1) is 6.54 Å². The van der Waals surface area contributed by atoms with Crippen LogP contribution in [0.3, 0.4) is 0 Å². The van der Waals surface area contributed by atoms with Crippen LogP contribution in [0.5, 0.6) is 0 Å². The lowest BCUT2D eigenvalue weighted by atomic mass is 10.1. The van der Waals surface area contributed by atoms with E-state index in [1.54, 1.807) is 0 Å². The summed E-state index contributed by atoms with van der Waals surface area (Å²) in [5.74, 6) is -0.707. The molecule has 1 saturated heterocycles. The van der Waals surface area contributed by atoms with E-state index in [1.165, 1.54) is 6.42 Å². The van der Waals surface area contributed by atoms with Crippen LogP contribution in [-0.4, -0.2) is 35.6 Å². The Morgan fingerprint density at radius 1 is 1.17 bits per heavy atom. The van der Waals surface area contributed by atoms with Gasteiger partial charge in [0.15, 0.2) is 0 Å². The van der Waals surface area contributed by atoms with Crippen molar-refractivity contribution in [3.05, 3.63) is 0 Å². The number of hydrogen-bond acceptors (Lipinski definition) is 2. The summed E-state index contributed by atoms with van der Waals surface area (Å²) in [5, 5.41) is 8.42. The van der Waals surface area contributed by atoms with Crippen molar-refractivity contribution in [3.63, 3.8) is 0 Å². The molecule has 0 unspecified atom stereocenters. The van der Waals surface area contributed by atoms with E-state index >= 15 is 0 Å². The number of carbonyl (C=O) groups is 1. The fourth-order valence-corrected chi connectivity index (χ4v) is 1.31. The highest BCUT2D eigenvalue weighted by Crippen LogP contribution is 2.07. The Kier molecular flexibility index (Phi) is 9.26. The van der Waals surface area contributed by atoms with Crippen LogP contribution in [0.4, 0.5) is 0 Å². The molecule has 1 N–H and O–H groups in total. The molecule has 0 aromatic carbocycles. The van der Waals surface area contributed by atoms with E-state index in [4.69, 9.17) is 5.11 Å². The molecule has 0 bridgehead atoms. The van der Waals surface area contributed by atoms with Crippen LogP contribution in [0.1, 0.15) is 19.3 Å². The van der Waals surface area contributed by atoms with Gasteiger partial charge in [-0.05, 0) is 25.9 Å². The number of halogens is 2. The van der Waals surface area contributed by atoms with Crippen LogP contribution in [0, 0.1) is 0 Å². The predicted octanol–water partition coefficient (Wildman–Crippen LogP) is 1.40. The molecule has 1 heterocycles. The van der Waals surface area contributed by atoms with E-state index < -0.39 is 5.97 Å². The van der Waals surface area contributed by atoms with Gasteiger partial charge in [-0.15, -0.1) is 24.8 Å². The molecule has 0 saturated carbocycles. The summed E-state index contributed by atoms with van der Waals surface area (Å²) in [6.45, 7) is 2.15. The largest absolute Gasteiger partial charge is 0.480 e. The SMILES string of the molecule is Cl.Cl.O=C(O)CN1CCCCC1. The van der Waals surface area contributed by atoms with E-state index in [0.29, 0.717) is 0 Å². The third-order valence-electron chi connectivity index (χ3n) is 1.81. The Hall–Kier alpha value is 0.01000. The highest BCUT2D eigenvalue weighted by molar-refractivity contribution is 5.85. The molecule has 1 rings (SSSR count). The molecule has 1 fully saturated rings. The lowest BCUT2D eigenvalue weighted by molar-refractivity contribution is -0.138. The summed E-state index contributed by atoms with van der Waals surface area (Å²) in [4.78, 5) is 12.2. The molecule has 1 aliphatic heterocycles. The molecule has 3 nitrogen and oxygen atoms in total. The van der Waals surface area contributed by atoms with E-state index in [2.05, 4.69) is 0 Å². The number of hydrogen-bond donors (Lipinski definition) is 1. The average Bonchev–Trinajstić information content (AvgIpc) is 1.88. The molecular formula is C7H15Cl2NO2. The molecule has 74 valence electrons. The van der Waals surface area contributed by atoms with Crippen molar-refractivity contribution in [3.8, 4) is 0 Å². The molecular weight excluding hydrogens is 201 g/mol. The lowest BCUT2D eigenvalue weighted by Gasteiger charge is -2.24. The zero-order valence-corrected chi connectivity index (χ0v) is 8.49. The van der Waals surface area contributed by atoms with Crippen molar-refractivity contribution in [2.75, 3.05) is 19.6 Å². The number of rotatable bonds is 2. The summed E-state index contributed by atoms with van der Waals surface area (Å²) in [6.07, 6.45) is 3.58. The summed E-state index contributed by atoms with van der Waals surface area (Å²) in [7, 11) is 0. The normalized spacial score (nSPS) is 17.3. The van der Waals surface area contributed by atoms with Gasteiger partial charge in [-0.1, -0.05) is 6.42 Å². The fourth-order valence-electron chi connectivity index (χ4n) is 1.31. The van der Waals surface area contributed by atoms with Gasteiger partial charge in [-0.3, -0.25) is 9.69 Å². The summed E-state index contributed by atoms with van der Waals surface area (Å²) < 4.78 is 0. The molecule has 0 aromatic heterocycles. The van der Waals surface area contributed by atoms with Crippen LogP contribution in [0.15, 0.2) is 0 Å². The number of carboxylic acid groups (broad SMARTS) is 1. The zero-order valence-electron chi connectivity index (χ0n) is 6.86. The van der Waals surface area contributed by atoms with Crippen LogP contribution >= 0.6 is 24.8 Å². The van der Waals surface area contributed by atoms with E-state index in [9.17, 15) is 4.79 Å². The van der Waals surface area contributed by atoms with Crippen LogP contribution in [-0.2, 0) is 4.79 Å². The molecule has 0 amide bonds. The average molecular weight is 216 g/mol. The third kappa shape index (κ3) is 5.63. The number of likely N-dealkylation sites (tertiary alicyclic amines) is 1. The van der Waals surface area contributed by atoms with Gasteiger partial charge in [0.2, 0.25) is 0 Å². The summed E-state index contributed by atoms with van der Waals surface area (Å²) in [5.41, 5.74) is 0. The minimum atomic E-state index is -0.707. The van der Waals surface area contributed by atoms with E-state index in [-0.39, 0.29) is 31.4 Å². The maximum atomic E-state index is 10.2. The summed E-state index contributed by atoms with van der Waals surface area (Å²) >= 11 is 0. The van der Waals surface area contributed by atoms with E-state index in [0.717, 1.165) is 25.9 Å². The number of piperidine rings is 1. The minimum absolute atomic E-state index is 0. The Balaban J connectivity index is 0. The van der Waals surface area contributed by atoms with Gasteiger partial charge in [0.1, 0.15) is 0 Å². The second-order valence-electron chi connectivity index (χ2n) is 2.73. The Bertz CT molecular complexity index is 127. The Morgan fingerprint density at radius 3 is 2.08 bits per heavy atom. The zero-order chi connectivity index (χ0) is 7.40. The Labute approximate surface area is 84.9 Å². The highest BCUT2D eigenvalue weighted by Gasteiger charge is 2.11. The quantitative estimate of drug-likeness (QED) is 0.758. The van der Waals surface area contributed by atoms with Gasteiger partial charge in [-0.25, -0.2) is 0 Å². The fraction of sp³-hybridized carbons (Fsp3) is 0.857. The van der Waals surface area contributed by atoms with Gasteiger partial charge in [0, 0.05) is 0 Å². The molecule has 0 spiro atoms. The summed E-state index contributed by atoms with van der Waals surface area (Å²) in [6, 6.07) is 0. The first kappa shape index (κ1) is 14.5. The van der Waals surface area contributed by atoms with Crippen molar-refractivity contribution < 1.29 is 9.90 Å². The second kappa shape index (κ2) is 7.65. The van der Waals surface area contributed by atoms with Gasteiger partial charge in [0.25, 0.3) is 0 Å². The maximum Gasteiger partial charge on any atom is 0.317 e. The van der Waals surface area contributed by atoms with Crippen LogP contribution in [0.25, 0.3) is 0 Å². The second-order valence-corrected chi connectivity index (χ2v) is 2.73. The van der Waals surface area contributed by atoms with Crippen molar-refractivity contribution in [2.24, 2.45) is 0 Å². The predicted molar refractivity (Wildman–Crippen MR) is 52.4 cm³/mol. The number of aliphatic carboxylic acids is 1. The highest BCUT2D eigenvalue weighted by atomic mass is 35.5. The van der Waals surface area contributed by atoms with Crippen molar-refractivity contribution >= 4 is 30.8 Å². The van der Waals surface area contributed by atoms with Crippen LogP contribution in [0.2, 0.25) is 0 Å². The maximum absolute atomic E-state index is 10.2. The molecule has 0 atom stereocenters. The first-order valence-electron chi connectivity index (χ1n) is 3.73. The topological polar surface area (TPSA) is 40.5 Å². The monoisotopic (exact) mass is 215 g/mol. The van der Waals surface area contributed by atoms with Gasteiger partial charge < -0.3 is 5.11 Å². The molecule has 0 aromatic rings. The molecule has 5 heteroatoms. The first-order valence-corrected chi connectivity index (χ1v) is 3.73. The molecule has 0 aliphatic carbocycles. The molecule has 1 aliphatic rings. The van der Waals surface area contributed by atoms with Gasteiger partial charge in [-0.2, -0.15) is 0 Å². The standard InChI is InChI=1S/C7H13NO2.2ClH/c9-7(10)6-8-4-2-1-3-5-8;;/h1-6H2,(H,9,10);2*1H. The van der Waals surface area contributed by atoms with Gasteiger partial charge >= 0.3 is 5.97 Å². The Morgan fingerprint density at radius 2 is 1.67 bits per heavy atom. The third-order valence-corrected chi connectivity index (χ3v) is 1.81. The van der Waals surface area contributed by atoms with Crippen molar-refractivity contribution in [1.82, 2.24) is 4.90 Å². The number of nitrogens with zero attached hydrogens (tertiary/aromatic N) is 1. The number of carboxylic acids is 1. The molecule has 0 radical (unpaired) electrons.